The van der Waals surface area contributed by atoms with Gasteiger partial charge in [0.25, 0.3) is 5.56 Å². The highest BCUT2D eigenvalue weighted by atomic mass is 33.4. The highest BCUT2D eigenvalue weighted by Gasteiger charge is 2.54. The van der Waals surface area contributed by atoms with Gasteiger partial charge in [-0.2, -0.15) is 4.52 Å². The number of aromatic nitrogens is 4. The lowest BCUT2D eigenvalue weighted by molar-refractivity contribution is -0.0379. The van der Waals surface area contributed by atoms with Gasteiger partial charge in [-0.1, -0.05) is 20.8 Å². The van der Waals surface area contributed by atoms with E-state index in [2.05, 4.69) is 48.8 Å². The molecule has 4 atom stereocenters. The smallest absolute Gasteiger partial charge is 0.327 e. The Morgan fingerprint density at radius 2 is 2.00 bits per heavy atom. The molecule has 0 radical (unpaired) electrons. The van der Waals surface area contributed by atoms with Gasteiger partial charge in [-0.15, -0.1) is 0 Å². The molecule has 2 saturated heterocycles. The van der Waals surface area contributed by atoms with Crippen LogP contribution in [0.25, 0.3) is 11.2 Å². The molecule has 184 valence electrons. The van der Waals surface area contributed by atoms with E-state index in [9.17, 15) is 9.59 Å². The number of rotatable bonds is 6. The molecule has 2 aromatic heterocycles. The lowest BCUT2D eigenvalue weighted by atomic mass is 10.1. The molecule has 4 rings (SSSR count). The standard InChI is InChI=1S/C18H28FN4O5PS3Si/c1-18(2,3)33(4,5)28-13-10(8-26-29(30)31-6-7-32-29)27-16(11(13)19)23-9-20-12-14(23)21-17(25)22-15(12)24/h9-11,13,16,30H,6-8H2,1-5H3,(H-,21,22,24,25)/p+1/t10-,11-,13-,16-/m1/s1. The Hall–Kier alpha value is -0.343. The largest absolute Gasteiger partial charge is 0.408 e. The Bertz CT molecular complexity index is 1130. The second kappa shape index (κ2) is 9.27. The van der Waals surface area contributed by atoms with Crippen LogP contribution in [0.5, 0.6) is 0 Å². The summed E-state index contributed by atoms with van der Waals surface area (Å²) in [6.45, 7) is 10.5. The van der Waals surface area contributed by atoms with Crippen molar-refractivity contribution in [1.82, 2.24) is 19.5 Å². The molecule has 15 heteroatoms. The average Bonchev–Trinajstić information content (AvgIpc) is 3.39. The molecule has 0 bridgehead atoms. The van der Waals surface area contributed by atoms with E-state index in [1.807, 2.05) is 0 Å². The zero-order valence-electron chi connectivity index (χ0n) is 19.0. The summed E-state index contributed by atoms with van der Waals surface area (Å²) in [5.74, 6) is 1.93. The predicted molar refractivity (Wildman–Crippen MR) is 139 cm³/mol. The molecule has 2 aromatic rings. The highest BCUT2D eigenvalue weighted by molar-refractivity contribution is 9.15. The number of ether oxygens (including phenoxy) is 1. The average molecular weight is 556 g/mol. The molecule has 0 aromatic carbocycles. The first-order valence-electron chi connectivity index (χ1n) is 10.5. The minimum absolute atomic E-state index is 0.00552. The van der Waals surface area contributed by atoms with Crippen LogP contribution in [0, 0.1) is 0 Å². The minimum atomic E-state index is -2.35. The molecule has 2 N–H and O–H groups in total. The SMILES string of the molecule is CC(C)(C)[Si](C)(C)O[C@H]1[C@@H](F)[C@H](n2cnc3c(=O)[nH]c(=O)[nH]c32)O[C@@H]1CO[P+]1(S)SCCS1. The maximum absolute atomic E-state index is 16.0. The first kappa shape index (κ1) is 25.7. The van der Waals surface area contributed by atoms with E-state index in [1.165, 1.54) is 10.9 Å². The van der Waals surface area contributed by atoms with Crippen LogP contribution in [0.4, 0.5) is 4.39 Å². The molecule has 0 unspecified atom stereocenters. The number of H-pyrrole nitrogens is 2. The first-order chi connectivity index (χ1) is 15.3. The minimum Gasteiger partial charge on any atom is -0.408 e. The van der Waals surface area contributed by atoms with E-state index in [-0.39, 0.29) is 22.8 Å². The molecule has 2 aliphatic heterocycles. The number of halogens is 1. The lowest BCUT2D eigenvalue weighted by Crippen LogP contribution is -2.49. The molecule has 33 heavy (non-hydrogen) atoms. The molecule has 0 spiro atoms. The van der Waals surface area contributed by atoms with E-state index in [4.69, 9.17) is 25.9 Å². The molecular formula is C18H29FN4O5PS3Si+. The summed E-state index contributed by atoms with van der Waals surface area (Å²) in [5.41, 5.74) is -1.24. The van der Waals surface area contributed by atoms with E-state index in [0.29, 0.717) is 0 Å². The van der Waals surface area contributed by atoms with Crippen LogP contribution >= 0.6 is 40.1 Å². The number of alkyl halides is 1. The van der Waals surface area contributed by atoms with Crippen molar-refractivity contribution in [2.45, 2.75) is 63.5 Å². The molecule has 0 saturated carbocycles. The zero-order valence-corrected chi connectivity index (χ0v) is 23.5. The summed E-state index contributed by atoms with van der Waals surface area (Å²) < 4.78 is 36.1. The summed E-state index contributed by atoms with van der Waals surface area (Å²) in [7, 11) is -2.35. The van der Waals surface area contributed by atoms with Crippen LogP contribution in [-0.2, 0) is 13.7 Å². The number of fused-ring (bicyclic) bond motifs is 1. The van der Waals surface area contributed by atoms with Crippen molar-refractivity contribution in [3.05, 3.63) is 27.2 Å². The number of imidazole rings is 1. The molecule has 2 aliphatic rings. The van der Waals surface area contributed by atoms with Crippen molar-refractivity contribution in [1.29, 1.82) is 0 Å². The number of aromatic amines is 2. The van der Waals surface area contributed by atoms with Gasteiger partial charge >= 0.3 is 10.8 Å². The Balaban J connectivity index is 1.66. The Morgan fingerprint density at radius 1 is 1.33 bits per heavy atom. The fourth-order valence-electron chi connectivity index (χ4n) is 3.44. The zero-order chi connectivity index (χ0) is 24.2. The molecule has 0 aliphatic carbocycles. The normalized spacial score (nSPS) is 28.1. The Kier molecular flexibility index (Phi) is 7.23. The quantitative estimate of drug-likeness (QED) is 0.277. The van der Waals surface area contributed by atoms with Gasteiger partial charge in [-0.25, -0.2) is 14.2 Å². The van der Waals surface area contributed by atoms with Crippen LogP contribution < -0.4 is 11.2 Å². The van der Waals surface area contributed by atoms with Gasteiger partial charge in [-0.05, 0) is 18.1 Å². The predicted octanol–water partition coefficient (Wildman–Crippen LogP) is 4.14. The first-order valence-corrected chi connectivity index (χ1v) is 19.5. The van der Waals surface area contributed by atoms with Crippen molar-refractivity contribution in [2.75, 3.05) is 18.1 Å². The molecule has 2 fully saturated rings. The summed E-state index contributed by atoms with van der Waals surface area (Å²) in [4.78, 5) is 32.6. The molecule has 0 amide bonds. The molecule has 9 nitrogen and oxygen atoms in total. The fraction of sp³-hybridized carbons (Fsp3) is 0.722. The van der Waals surface area contributed by atoms with Gasteiger partial charge in [0.2, 0.25) is 0 Å². The van der Waals surface area contributed by atoms with E-state index in [0.717, 1.165) is 11.5 Å². The third-order valence-corrected chi connectivity index (χ3v) is 20.9. The van der Waals surface area contributed by atoms with Gasteiger partial charge in [0.15, 0.2) is 26.2 Å². The van der Waals surface area contributed by atoms with Crippen molar-refractivity contribution >= 4 is 59.6 Å². The van der Waals surface area contributed by atoms with Crippen LogP contribution in [0.15, 0.2) is 15.9 Å². The Morgan fingerprint density at radius 3 is 2.64 bits per heavy atom. The maximum atomic E-state index is 16.0. The summed E-state index contributed by atoms with van der Waals surface area (Å²) >= 11 is 8.12. The van der Waals surface area contributed by atoms with Crippen LogP contribution in [0.1, 0.15) is 27.0 Å². The van der Waals surface area contributed by atoms with Gasteiger partial charge in [0.1, 0.15) is 24.5 Å². The van der Waals surface area contributed by atoms with Crippen LogP contribution in [0.2, 0.25) is 18.1 Å². The summed E-state index contributed by atoms with van der Waals surface area (Å²) in [5, 5.41) is -2.10. The third kappa shape index (κ3) is 5.13. The lowest BCUT2D eigenvalue weighted by Gasteiger charge is -2.39. The summed E-state index contributed by atoms with van der Waals surface area (Å²) in [6, 6.07) is 0. The summed E-state index contributed by atoms with van der Waals surface area (Å²) in [6.07, 6.45) is -2.95. The Labute approximate surface area is 205 Å². The van der Waals surface area contributed by atoms with Crippen LogP contribution in [-0.4, -0.2) is 64.3 Å². The van der Waals surface area contributed by atoms with Crippen molar-refractivity contribution in [3.8, 4) is 0 Å². The molecular weight excluding hydrogens is 526 g/mol. The van der Waals surface area contributed by atoms with Gasteiger partial charge < -0.3 is 9.16 Å². The number of thiol groups is 1. The van der Waals surface area contributed by atoms with Crippen molar-refractivity contribution < 1.29 is 18.1 Å². The van der Waals surface area contributed by atoms with E-state index >= 15 is 4.39 Å². The van der Waals surface area contributed by atoms with Gasteiger partial charge in [0, 0.05) is 11.5 Å². The second-order valence-corrected chi connectivity index (χ2v) is 25.5. The van der Waals surface area contributed by atoms with Crippen molar-refractivity contribution in [3.63, 3.8) is 0 Å². The monoisotopic (exact) mass is 555 g/mol. The van der Waals surface area contributed by atoms with Gasteiger partial charge in [0.05, 0.1) is 41.3 Å². The van der Waals surface area contributed by atoms with E-state index in [1.54, 1.807) is 22.8 Å². The second-order valence-electron chi connectivity index (χ2n) is 9.54. The van der Waals surface area contributed by atoms with Crippen molar-refractivity contribution in [2.24, 2.45) is 0 Å². The topological polar surface area (TPSA) is 111 Å². The highest BCUT2D eigenvalue weighted by Crippen LogP contribution is 2.87. The van der Waals surface area contributed by atoms with E-state index < -0.39 is 49.3 Å². The van der Waals surface area contributed by atoms with Gasteiger partial charge in [-0.3, -0.25) is 19.3 Å². The maximum Gasteiger partial charge on any atom is 0.327 e. The van der Waals surface area contributed by atoms with Crippen LogP contribution in [0.3, 0.4) is 0 Å². The number of hydrogen-bond donors (Lipinski definition) is 3. The number of nitrogens with zero attached hydrogens (tertiary/aromatic N) is 2. The number of hydrogen-bond acceptors (Lipinski definition) is 9. The number of nitrogens with one attached hydrogen (secondary N) is 2. The molecule has 4 heterocycles. The fourth-order valence-corrected chi connectivity index (χ4v) is 13.8. The third-order valence-electron chi connectivity index (χ3n) is 6.24.